The number of halogens is 1. The number of thiophene rings is 1. The summed E-state index contributed by atoms with van der Waals surface area (Å²) in [4.78, 5) is 17.2. The summed E-state index contributed by atoms with van der Waals surface area (Å²) in [5.41, 5.74) is 3.38. The van der Waals surface area contributed by atoms with Gasteiger partial charge in [0.2, 0.25) is 5.91 Å². The molecule has 0 radical (unpaired) electrons. The molecule has 1 aromatic heterocycles. The third-order valence-corrected chi connectivity index (χ3v) is 7.63. The molecular weight excluding hydrogens is 441 g/mol. The first-order valence-electron chi connectivity index (χ1n) is 10.4. The number of fused-ring (bicyclic) bond motifs is 1. The standard InChI is InChI=1S/C25H24FN3OS2/c1-16-10-23-22(15-29(16)14-18-4-3-5-19(26)11-18)21(13-27)25(32-23)28-24(30)12-17-6-8-20(31-2)9-7-17/h3-9,11,16H,10,12,14-15H2,1-2H3,(H,28,30). The summed E-state index contributed by atoms with van der Waals surface area (Å²) in [5, 5.41) is 13.4. The van der Waals surface area contributed by atoms with Crippen molar-refractivity contribution in [3.8, 4) is 6.07 Å². The van der Waals surface area contributed by atoms with E-state index in [9.17, 15) is 14.4 Å². The van der Waals surface area contributed by atoms with Gasteiger partial charge in [-0.3, -0.25) is 9.69 Å². The van der Waals surface area contributed by atoms with Gasteiger partial charge in [-0.15, -0.1) is 23.1 Å². The van der Waals surface area contributed by atoms with Gasteiger partial charge >= 0.3 is 0 Å². The lowest BCUT2D eigenvalue weighted by Crippen LogP contribution is -2.37. The van der Waals surface area contributed by atoms with Crippen LogP contribution in [0, 0.1) is 17.1 Å². The molecule has 32 heavy (non-hydrogen) atoms. The maximum absolute atomic E-state index is 13.6. The van der Waals surface area contributed by atoms with Crippen molar-refractivity contribution in [2.75, 3.05) is 11.6 Å². The van der Waals surface area contributed by atoms with Crippen molar-refractivity contribution >= 4 is 34.0 Å². The van der Waals surface area contributed by atoms with Gasteiger partial charge < -0.3 is 5.32 Å². The maximum atomic E-state index is 13.6. The Morgan fingerprint density at radius 2 is 2.06 bits per heavy atom. The molecular formula is C25H24FN3OS2. The summed E-state index contributed by atoms with van der Waals surface area (Å²) >= 11 is 3.16. The maximum Gasteiger partial charge on any atom is 0.229 e. The molecule has 2 aromatic carbocycles. The van der Waals surface area contributed by atoms with Gasteiger partial charge in [-0.05, 0) is 55.0 Å². The van der Waals surface area contributed by atoms with Crippen molar-refractivity contribution in [1.82, 2.24) is 4.90 Å². The number of carbonyl (C=O) groups excluding carboxylic acids is 1. The molecule has 1 aliphatic heterocycles. The van der Waals surface area contributed by atoms with Crippen molar-refractivity contribution in [3.63, 3.8) is 0 Å². The molecule has 2 heterocycles. The summed E-state index contributed by atoms with van der Waals surface area (Å²) in [6, 6.07) is 17.1. The van der Waals surface area contributed by atoms with Crippen molar-refractivity contribution in [1.29, 1.82) is 5.26 Å². The normalized spacial score (nSPS) is 15.8. The Morgan fingerprint density at radius 3 is 2.75 bits per heavy atom. The average Bonchev–Trinajstić information content (AvgIpc) is 3.10. The van der Waals surface area contributed by atoms with Crippen LogP contribution in [-0.2, 0) is 30.7 Å². The van der Waals surface area contributed by atoms with E-state index in [1.54, 1.807) is 23.9 Å². The Hall–Kier alpha value is -2.66. The summed E-state index contributed by atoms with van der Waals surface area (Å²) in [7, 11) is 0. The van der Waals surface area contributed by atoms with Gasteiger partial charge in [0.15, 0.2) is 0 Å². The van der Waals surface area contributed by atoms with Crippen molar-refractivity contribution in [3.05, 3.63) is 81.5 Å². The molecule has 1 unspecified atom stereocenters. The number of thioether (sulfide) groups is 1. The summed E-state index contributed by atoms with van der Waals surface area (Å²) in [6.07, 6.45) is 3.09. The van der Waals surface area contributed by atoms with E-state index in [0.717, 1.165) is 32.9 Å². The minimum Gasteiger partial charge on any atom is -0.316 e. The van der Waals surface area contributed by atoms with Gasteiger partial charge in [-0.25, -0.2) is 4.39 Å². The van der Waals surface area contributed by atoms with Crippen LogP contribution in [0.15, 0.2) is 53.4 Å². The van der Waals surface area contributed by atoms with E-state index in [2.05, 4.69) is 23.2 Å². The SMILES string of the molecule is CSc1ccc(CC(=O)Nc2sc3c(c2C#N)CN(Cc2cccc(F)c2)C(C)C3)cc1. The van der Waals surface area contributed by atoms with Gasteiger partial charge in [0.05, 0.1) is 12.0 Å². The number of rotatable bonds is 6. The zero-order chi connectivity index (χ0) is 22.7. The average molecular weight is 466 g/mol. The number of benzene rings is 2. The third-order valence-electron chi connectivity index (χ3n) is 5.72. The van der Waals surface area contributed by atoms with Crippen LogP contribution in [0.4, 0.5) is 9.39 Å². The molecule has 0 fully saturated rings. The highest BCUT2D eigenvalue weighted by Gasteiger charge is 2.29. The molecule has 4 nitrogen and oxygen atoms in total. The zero-order valence-electron chi connectivity index (χ0n) is 18.0. The van der Waals surface area contributed by atoms with E-state index >= 15 is 0 Å². The lowest BCUT2D eigenvalue weighted by molar-refractivity contribution is -0.115. The van der Waals surface area contributed by atoms with Crippen LogP contribution in [0.25, 0.3) is 0 Å². The molecule has 1 amide bonds. The highest BCUT2D eigenvalue weighted by atomic mass is 32.2. The fourth-order valence-electron chi connectivity index (χ4n) is 3.99. The molecule has 0 spiro atoms. The predicted octanol–water partition coefficient (Wildman–Crippen LogP) is 5.61. The highest BCUT2D eigenvalue weighted by Crippen LogP contribution is 2.38. The Labute approximate surface area is 196 Å². The summed E-state index contributed by atoms with van der Waals surface area (Å²) in [6.45, 7) is 3.37. The second kappa shape index (κ2) is 9.86. The first-order chi connectivity index (χ1) is 15.5. The van der Waals surface area contributed by atoms with Gasteiger partial charge in [0, 0.05) is 34.5 Å². The molecule has 7 heteroatoms. The number of nitrogens with zero attached hydrogens (tertiary/aromatic N) is 2. The van der Waals surface area contributed by atoms with Crippen LogP contribution >= 0.6 is 23.1 Å². The number of carbonyl (C=O) groups is 1. The Balaban J connectivity index is 1.49. The van der Waals surface area contributed by atoms with Gasteiger partial charge in [0.25, 0.3) is 0 Å². The lowest BCUT2D eigenvalue weighted by Gasteiger charge is -2.33. The van der Waals surface area contributed by atoms with E-state index in [4.69, 9.17) is 0 Å². The quantitative estimate of drug-likeness (QED) is 0.481. The molecule has 0 bridgehead atoms. The first kappa shape index (κ1) is 22.5. The van der Waals surface area contributed by atoms with Gasteiger partial charge in [-0.1, -0.05) is 24.3 Å². The molecule has 1 N–H and O–H groups in total. The number of amides is 1. The smallest absolute Gasteiger partial charge is 0.229 e. The molecule has 0 aliphatic carbocycles. The first-order valence-corrected chi connectivity index (χ1v) is 12.5. The van der Waals surface area contributed by atoms with Crippen molar-refractivity contribution in [2.45, 2.75) is 43.8 Å². The molecule has 1 atom stereocenters. The third kappa shape index (κ3) is 5.04. The van der Waals surface area contributed by atoms with E-state index in [1.807, 2.05) is 36.6 Å². The van der Waals surface area contributed by atoms with E-state index in [-0.39, 0.29) is 24.2 Å². The highest BCUT2D eigenvalue weighted by molar-refractivity contribution is 7.98. The molecule has 4 rings (SSSR count). The van der Waals surface area contributed by atoms with Crippen LogP contribution in [0.3, 0.4) is 0 Å². The molecule has 164 valence electrons. The second-order valence-corrected chi connectivity index (χ2v) is 9.97. The molecule has 1 aliphatic rings. The summed E-state index contributed by atoms with van der Waals surface area (Å²) in [5.74, 6) is -0.365. The van der Waals surface area contributed by atoms with E-state index in [1.165, 1.54) is 17.4 Å². The Morgan fingerprint density at radius 1 is 1.28 bits per heavy atom. The monoisotopic (exact) mass is 465 g/mol. The number of hydrogen-bond donors (Lipinski definition) is 1. The van der Waals surface area contributed by atoms with Crippen LogP contribution in [0.5, 0.6) is 0 Å². The number of nitrogens with one attached hydrogen (secondary N) is 1. The second-order valence-electron chi connectivity index (χ2n) is 7.98. The van der Waals surface area contributed by atoms with Crippen LogP contribution in [0.2, 0.25) is 0 Å². The van der Waals surface area contributed by atoms with Crippen LogP contribution < -0.4 is 5.32 Å². The minimum atomic E-state index is -0.241. The fraction of sp³-hybridized carbons (Fsp3) is 0.280. The molecule has 0 saturated carbocycles. The minimum absolute atomic E-state index is 0.123. The largest absolute Gasteiger partial charge is 0.316 e. The van der Waals surface area contributed by atoms with E-state index < -0.39 is 0 Å². The zero-order valence-corrected chi connectivity index (χ0v) is 19.7. The van der Waals surface area contributed by atoms with Crippen molar-refractivity contribution < 1.29 is 9.18 Å². The molecule has 0 saturated heterocycles. The van der Waals surface area contributed by atoms with Gasteiger partial charge in [0.1, 0.15) is 16.9 Å². The predicted molar refractivity (Wildman–Crippen MR) is 128 cm³/mol. The van der Waals surface area contributed by atoms with E-state index in [0.29, 0.717) is 23.7 Å². The molecule has 3 aromatic rings. The van der Waals surface area contributed by atoms with Crippen LogP contribution in [0.1, 0.15) is 34.1 Å². The van der Waals surface area contributed by atoms with Gasteiger partial charge in [-0.2, -0.15) is 5.26 Å². The fourth-order valence-corrected chi connectivity index (χ4v) is 5.69. The number of nitriles is 1. The Kier molecular flexibility index (Phi) is 6.95. The number of hydrogen-bond acceptors (Lipinski definition) is 5. The Bertz CT molecular complexity index is 1170. The number of anilines is 1. The van der Waals surface area contributed by atoms with Crippen LogP contribution in [-0.4, -0.2) is 23.1 Å². The summed E-state index contributed by atoms with van der Waals surface area (Å²) < 4.78 is 13.6. The lowest BCUT2D eigenvalue weighted by atomic mass is 9.99. The topological polar surface area (TPSA) is 56.1 Å². The van der Waals surface area contributed by atoms with Crippen molar-refractivity contribution in [2.24, 2.45) is 0 Å².